The zero-order valence-electron chi connectivity index (χ0n) is 12.9. The van der Waals surface area contributed by atoms with Crippen LogP contribution in [-0.2, 0) is 14.3 Å². The van der Waals surface area contributed by atoms with E-state index in [9.17, 15) is 9.59 Å². The van der Waals surface area contributed by atoms with Gasteiger partial charge in [-0.25, -0.2) is 0 Å². The first-order valence-electron chi connectivity index (χ1n) is 7.86. The van der Waals surface area contributed by atoms with Crippen LogP contribution < -0.4 is 5.32 Å². The third kappa shape index (κ3) is 2.86. The van der Waals surface area contributed by atoms with Gasteiger partial charge >= 0.3 is 0 Å². The van der Waals surface area contributed by atoms with Crippen molar-refractivity contribution in [2.75, 3.05) is 26.3 Å². The number of carbonyl (C=O) groups is 2. The van der Waals surface area contributed by atoms with Gasteiger partial charge in [0.15, 0.2) is 0 Å². The Morgan fingerprint density at radius 1 is 1.18 bits per heavy atom. The molecular weight excluding hydrogens is 280 g/mol. The first-order valence-corrected chi connectivity index (χ1v) is 7.86. The highest BCUT2D eigenvalue weighted by molar-refractivity contribution is 6.08. The van der Waals surface area contributed by atoms with Gasteiger partial charge in [-0.15, -0.1) is 0 Å². The van der Waals surface area contributed by atoms with Gasteiger partial charge in [0.2, 0.25) is 11.8 Å². The zero-order chi connectivity index (χ0) is 15.6. The average molecular weight is 302 g/mol. The van der Waals surface area contributed by atoms with Gasteiger partial charge in [-0.05, 0) is 25.3 Å². The summed E-state index contributed by atoms with van der Waals surface area (Å²) in [6.07, 6.45) is 1.30. The number of ether oxygens (including phenoxy) is 1. The lowest BCUT2D eigenvalue weighted by molar-refractivity contribution is -0.147. The lowest BCUT2D eigenvalue weighted by Gasteiger charge is -2.30. The molecular formula is C17H22N2O3. The van der Waals surface area contributed by atoms with E-state index in [1.165, 1.54) is 0 Å². The second kappa shape index (κ2) is 6.08. The van der Waals surface area contributed by atoms with E-state index in [1.54, 1.807) is 4.90 Å². The molecule has 1 aliphatic carbocycles. The van der Waals surface area contributed by atoms with Crippen molar-refractivity contribution in [3.05, 3.63) is 35.9 Å². The molecule has 5 nitrogen and oxygen atoms in total. The predicted molar refractivity (Wildman–Crippen MR) is 82.1 cm³/mol. The minimum atomic E-state index is -0.833. The van der Waals surface area contributed by atoms with Crippen molar-refractivity contribution >= 4 is 11.8 Å². The molecule has 2 amide bonds. The van der Waals surface area contributed by atoms with Gasteiger partial charge in [0, 0.05) is 13.1 Å². The van der Waals surface area contributed by atoms with Crippen LogP contribution >= 0.6 is 0 Å². The number of hydrogen-bond donors (Lipinski definition) is 1. The van der Waals surface area contributed by atoms with E-state index in [2.05, 4.69) is 5.32 Å². The molecule has 22 heavy (non-hydrogen) atoms. The molecule has 1 aromatic carbocycles. The molecule has 1 aromatic rings. The monoisotopic (exact) mass is 302 g/mol. The van der Waals surface area contributed by atoms with Gasteiger partial charge in [0.05, 0.1) is 19.3 Å². The maximum absolute atomic E-state index is 12.7. The molecule has 0 spiro atoms. The van der Waals surface area contributed by atoms with Crippen LogP contribution in [0.1, 0.15) is 31.4 Å². The van der Waals surface area contributed by atoms with E-state index in [1.807, 2.05) is 37.3 Å². The van der Waals surface area contributed by atoms with Gasteiger partial charge in [-0.3, -0.25) is 9.59 Å². The normalized spacial score (nSPS) is 21.0. The molecule has 0 radical (unpaired) electrons. The number of hydrogen-bond acceptors (Lipinski definition) is 3. The van der Waals surface area contributed by atoms with Crippen LogP contribution in [0, 0.1) is 5.41 Å². The Kier molecular flexibility index (Phi) is 4.16. The standard InChI is InChI=1S/C17H22N2O3/c1-13(14-5-3-2-4-6-14)18-15(20)17(7-8-17)16(21)19-9-11-22-12-10-19/h2-6,13H,7-12H2,1H3,(H,18,20). The van der Waals surface area contributed by atoms with Crippen LogP contribution in [0.5, 0.6) is 0 Å². The summed E-state index contributed by atoms with van der Waals surface area (Å²) in [6.45, 7) is 4.24. The molecule has 2 aliphatic rings. The Bertz CT molecular complexity index is 548. The van der Waals surface area contributed by atoms with Crippen LogP contribution in [0.15, 0.2) is 30.3 Å². The minimum Gasteiger partial charge on any atom is -0.378 e. The molecule has 3 rings (SSSR count). The van der Waals surface area contributed by atoms with Crippen LogP contribution in [0.3, 0.4) is 0 Å². The van der Waals surface area contributed by atoms with Crippen molar-refractivity contribution in [1.82, 2.24) is 10.2 Å². The van der Waals surface area contributed by atoms with E-state index in [0.717, 1.165) is 5.56 Å². The summed E-state index contributed by atoms with van der Waals surface area (Å²) in [6, 6.07) is 9.71. The van der Waals surface area contributed by atoms with Gasteiger partial charge in [-0.2, -0.15) is 0 Å². The highest BCUT2D eigenvalue weighted by Crippen LogP contribution is 2.48. The second-order valence-corrected chi connectivity index (χ2v) is 6.09. The lowest BCUT2D eigenvalue weighted by Crippen LogP contribution is -2.49. The summed E-state index contributed by atoms with van der Waals surface area (Å²) < 4.78 is 5.27. The molecule has 1 N–H and O–H groups in total. The average Bonchev–Trinajstić information content (AvgIpc) is 3.37. The Labute approximate surface area is 130 Å². The number of nitrogens with one attached hydrogen (secondary N) is 1. The van der Waals surface area contributed by atoms with Crippen LogP contribution in [0.4, 0.5) is 0 Å². The number of rotatable bonds is 4. The molecule has 1 atom stereocenters. The van der Waals surface area contributed by atoms with E-state index in [0.29, 0.717) is 39.1 Å². The molecule has 1 unspecified atom stereocenters. The SMILES string of the molecule is CC(NC(=O)C1(C(=O)N2CCOCC2)CC1)c1ccccc1. The minimum absolute atomic E-state index is 0.0337. The lowest BCUT2D eigenvalue weighted by atomic mass is 10.0. The fourth-order valence-corrected chi connectivity index (χ4v) is 2.89. The van der Waals surface area contributed by atoms with Gasteiger partial charge in [0.25, 0.3) is 0 Å². The molecule has 1 saturated heterocycles. The second-order valence-electron chi connectivity index (χ2n) is 6.09. The Balaban J connectivity index is 1.65. The van der Waals surface area contributed by atoms with Crippen molar-refractivity contribution in [2.45, 2.75) is 25.8 Å². The summed E-state index contributed by atoms with van der Waals surface area (Å²) >= 11 is 0. The highest BCUT2D eigenvalue weighted by Gasteiger charge is 2.58. The predicted octanol–water partition coefficient (Wildman–Crippen LogP) is 1.50. The quantitative estimate of drug-likeness (QED) is 0.858. The van der Waals surface area contributed by atoms with E-state index >= 15 is 0 Å². The number of morpholine rings is 1. The fraction of sp³-hybridized carbons (Fsp3) is 0.529. The smallest absolute Gasteiger partial charge is 0.238 e. The largest absolute Gasteiger partial charge is 0.378 e. The number of carbonyl (C=O) groups excluding carboxylic acids is 2. The third-order valence-electron chi connectivity index (χ3n) is 4.54. The molecule has 118 valence electrons. The van der Waals surface area contributed by atoms with Gasteiger partial charge in [0.1, 0.15) is 5.41 Å². The number of nitrogens with zero attached hydrogens (tertiary/aromatic N) is 1. The molecule has 1 heterocycles. The Hall–Kier alpha value is -1.88. The van der Waals surface area contributed by atoms with Crippen molar-refractivity contribution < 1.29 is 14.3 Å². The van der Waals surface area contributed by atoms with E-state index in [4.69, 9.17) is 4.74 Å². The Morgan fingerprint density at radius 2 is 1.82 bits per heavy atom. The van der Waals surface area contributed by atoms with Crippen LogP contribution in [0.2, 0.25) is 0 Å². The summed E-state index contributed by atoms with van der Waals surface area (Å²) in [5.41, 5.74) is 0.214. The zero-order valence-corrected chi connectivity index (χ0v) is 12.9. The third-order valence-corrected chi connectivity index (χ3v) is 4.54. The highest BCUT2D eigenvalue weighted by atomic mass is 16.5. The van der Waals surface area contributed by atoms with Gasteiger partial charge < -0.3 is 15.0 Å². The van der Waals surface area contributed by atoms with Crippen molar-refractivity contribution in [3.63, 3.8) is 0 Å². The van der Waals surface area contributed by atoms with E-state index < -0.39 is 5.41 Å². The molecule has 1 saturated carbocycles. The molecule has 0 aromatic heterocycles. The summed E-state index contributed by atoms with van der Waals surface area (Å²) in [4.78, 5) is 27.0. The van der Waals surface area contributed by atoms with Crippen LogP contribution in [-0.4, -0.2) is 43.0 Å². The van der Waals surface area contributed by atoms with Crippen molar-refractivity contribution in [1.29, 1.82) is 0 Å². The molecule has 1 aliphatic heterocycles. The summed E-state index contributed by atoms with van der Waals surface area (Å²) in [5.74, 6) is -0.172. The van der Waals surface area contributed by atoms with E-state index in [-0.39, 0.29) is 17.9 Å². The van der Waals surface area contributed by atoms with Crippen LogP contribution in [0.25, 0.3) is 0 Å². The number of benzene rings is 1. The maximum Gasteiger partial charge on any atom is 0.238 e. The van der Waals surface area contributed by atoms with Crippen molar-refractivity contribution in [2.24, 2.45) is 5.41 Å². The van der Waals surface area contributed by atoms with Gasteiger partial charge in [-0.1, -0.05) is 30.3 Å². The molecule has 5 heteroatoms. The maximum atomic E-state index is 12.7. The Morgan fingerprint density at radius 3 is 2.41 bits per heavy atom. The van der Waals surface area contributed by atoms with Crippen molar-refractivity contribution in [3.8, 4) is 0 Å². The fourth-order valence-electron chi connectivity index (χ4n) is 2.89. The first kappa shape index (κ1) is 15.0. The molecule has 0 bridgehead atoms. The molecule has 2 fully saturated rings. The summed E-state index contributed by atoms with van der Waals surface area (Å²) in [7, 11) is 0. The summed E-state index contributed by atoms with van der Waals surface area (Å²) in [5, 5.41) is 3.00. The number of amides is 2. The first-order chi connectivity index (χ1) is 10.6. The topological polar surface area (TPSA) is 58.6 Å².